The van der Waals surface area contributed by atoms with E-state index in [0.717, 1.165) is 25.9 Å². The Morgan fingerprint density at radius 1 is 1.18 bits per heavy atom. The fourth-order valence-corrected chi connectivity index (χ4v) is 3.12. The van der Waals surface area contributed by atoms with Gasteiger partial charge < -0.3 is 15.1 Å². The first kappa shape index (κ1) is 16.8. The normalized spacial score (nSPS) is 19.5. The molecule has 2 aliphatic heterocycles. The second-order valence-corrected chi connectivity index (χ2v) is 5.85. The zero-order valence-corrected chi connectivity index (χ0v) is 13.6. The number of para-hydroxylation sites is 1. The minimum absolute atomic E-state index is 0. The number of nitrogens with one attached hydrogen (secondary N) is 1. The van der Waals surface area contributed by atoms with Crippen LogP contribution in [0.3, 0.4) is 0 Å². The van der Waals surface area contributed by atoms with Crippen LogP contribution in [0.5, 0.6) is 0 Å². The van der Waals surface area contributed by atoms with Crippen LogP contribution in [0.4, 0.5) is 5.69 Å². The number of hydrogen-bond donors (Lipinski definition) is 1. The minimum atomic E-state index is -0.0261. The predicted octanol–water partition coefficient (Wildman–Crippen LogP) is 1.53. The van der Waals surface area contributed by atoms with E-state index < -0.39 is 0 Å². The van der Waals surface area contributed by atoms with Gasteiger partial charge in [0.25, 0.3) is 5.91 Å². The SMILES string of the molecule is CN1C(=O)CN(CC2CCNCC2)C(=O)c2ccccc21.Cl. The Hall–Kier alpha value is -1.59. The van der Waals surface area contributed by atoms with Crippen molar-refractivity contribution < 1.29 is 9.59 Å². The predicted molar refractivity (Wildman–Crippen MR) is 88.6 cm³/mol. The molecule has 3 rings (SSSR count). The van der Waals surface area contributed by atoms with Crippen molar-refractivity contribution in [2.75, 3.05) is 38.1 Å². The van der Waals surface area contributed by atoms with Crippen molar-refractivity contribution in [3.8, 4) is 0 Å². The van der Waals surface area contributed by atoms with Gasteiger partial charge in [0.2, 0.25) is 5.91 Å². The molecule has 2 heterocycles. The maximum Gasteiger partial charge on any atom is 0.256 e. The summed E-state index contributed by atoms with van der Waals surface area (Å²) < 4.78 is 0. The molecule has 6 heteroatoms. The van der Waals surface area contributed by atoms with Crippen LogP contribution >= 0.6 is 12.4 Å². The molecule has 1 fully saturated rings. The number of halogens is 1. The van der Waals surface area contributed by atoms with Gasteiger partial charge in [0, 0.05) is 13.6 Å². The molecule has 0 aliphatic carbocycles. The Kier molecular flexibility index (Phi) is 5.42. The Morgan fingerprint density at radius 2 is 1.86 bits per heavy atom. The summed E-state index contributed by atoms with van der Waals surface area (Å²) in [5.41, 5.74) is 1.33. The van der Waals surface area contributed by atoms with E-state index in [9.17, 15) is 9.59 Å². The highest BCUT2D eigenvalue weighted by molar-refractivity contribution is 6.09. The molecule has 0 unspecified atom stereocenters. The standard InChI is InChI=1S/C16H21N3O2.ClH/c1-18-14-5-3-2-4-13(14)16(21)19(11-15(18)20)10-12-6-8-17-9-7-12;/h2-5,12,17H,6-11H2,1H3;1H. The van der Waals surface area contributed by atoms with Crippen molar-refractivity contribution in [3.05, 3.63) is 29.8 Å². The fraction of sp³-hybridized carbons (Fsp3) is 0.500. The molecule has 0 atom stereocenters. The van der Waals surface area contributed by atoms with Gasteiger partial charge in [-0.1, -0.05) is 12.1 Å². The van der Waals surface area contributed by atoms with E-state index in [2.05, 4.69) is 5.32 Å². The van der Waals surface area contributed by atoms with Gasteiger partial charge in [0.1, 0.15) is 6.54 Å². The van der Waals surface area contributed by atoms with E-state index >= 15 is 0 Å². The summed E-state index contributed by atoms with van der Waals surface area (Å²) >= 11 is 0. The maximum absolute atomic E-state index is 12.7. The van der Waals surface area contributed by atoms with Crippen LogP contribution in [0.1, 0.15) is 23.2 Å². The molecular weight excluding hydrogens is 302 g/mol. The first-order valence-corrected chi connectivity index (χ1v) is 7.52. The van der Waals surface area contributed by atoms with Crippen LogP contribution in [0.2, 0.25) is 0 Å². The highest BCUT2D eigenvalue weighted by atomic mass is 35.5. The number of hydrogen-bond acceptors (Lipinski definition) is 3. The Morgan fingerprint density at radius 3 is 2.59 bits per heavy atom. The summed E-state index contributed by atoms with van der Waals surface area (Å²) in [5, 5.41) is 3.33. The number of likely N-dealkylation sites (N-methyl/N-ethyl adjacent to an activating group) is 1. The highest BCUT2D eigenvalue weighted by Crippen LogP contribution is 2.25. The van der Waals surface area contributed by atoms with Gasteiger partial charge >= 0.3 is 0 Å². The number of benzene rings is 1. The number of piperidine rings is 1. The van der Waals surface area contributed by atoms with Crippen molar-refractivity contribution in [1.29, 1.82) is 0 Å². The summed E-state index contributed by atoms with van der Waals surface area (Å²) in [5.74, 6) is 0.433. The summed E-state index contributed by atoms with van der Waals surface area (Å²) in [6, 6.07) is 7.35. The molecule has 0 spiro atoms. The van der Waals surface area contributed by atoms with Crippen molar-refractivity contribution >= 4 is 29.9 Å². The highest BCUT2D eigenvalue weighted by Gasteiger charge is 2.30. The molecule has 0 radical (unpaired) electrons. The molecule has 0 saturated carbocycles. The fourth-order valence-electron chi connectivity index (χ4n) is 3.12. The topological polar surface area (TPSA) is 52.7 Å². The van der Waals surface area contributed by atoms with E-state index in [1.54, 1.807) is 16.8 Å². The van der Waals surface area contributed by atoms with Crippen LogP contribution < -0.4 is 10.2 Å². The van der Waals surface area contributed by atoms with Crippen LogP contribution in [0.25, 0.3) is 0 Å². The van der Waals surface area contributed by atoms with Crippen molar-refractivity contribution in [2.24, 2.45) is 5.92 Å². The molecule has 2 amide bonds. The van der Waals surface area contributed by atoms with Gasteiger partial charge in [-0.15, -0.1) is 12.4 Å². The van der Waals surface area contributed by atoms with Gasteiger partial charge in [-0.3, -0.25) is 9.59 Å². The lowest BCUT2D eigenvalue weighted by Gasteiger charge is -2.29. The van der Waals surface area contributed by atoms with E-state index in [0.29, 0.717) is 23.7 Å². The molecule has 0 bridgehead atoms. The Labute approximate surface area is 137 Å². The van der Waals surface area contributed by atoms with Crippen LogP contribution in [0, 0.1) is 5.92 Å². The van der Waals surface area contributed by atoms with E-state index in [4.69, 9.17) is 0 Å². The summed E-state index contributed by atoms with van der Waals surface area (Å²) in [6.45, 7) is 2.84. The third kappa shape index (κ3) is 3.25. The first-order chi connectivity index (χ1) is 10.2. The molecule has 1 aromatic carbocycles. The third-order valence-corrected chi connectivity index (χ3v) is 4.42. The van der Waals surface area contributed by atoms with E-state index in [1.807, 2.05) is 24.3 Å². The van der Waals surface area contributed by atoms with Gasteiger partial charge in [-0.2, -0.15) is 0 Å². The number of carbonyl (C=O) groups excluding carboxylic acids is 2. The molecule has 1 aromatic rings. The van der Waals surface area contributed by atoms with E-state index in [-0.39, 0.29) is 30.8 Å². The second-order valence-electron chi connectivity index (χ2n) is 5.85. The molecule has 120 valence electrons. The summed E-state index contributed by atoms with van der Waals surface area (Å²) in [4.78, 5) is 28.3. The minimum Gasteiger partial charge on any atom is -0.329 e. The number of anilines is 1. The third-order valence-electron chi connectivity index (χ3n) is 4.42. The number of rotatable bonds is 2. The number of amides is 2. The van der Waals surface area contributed by atoms with Crippen molar-refractivity contribution in [3.63, 3.8) is 0 Å². The molecule has 1 saturated heterocycles. The number of nitrogens with zero attached hydrogens (tertiary/aromatic N) is 2. The summed E-state index contributed by atoms with van der Waals surface area (Å²) in [7, 11) is 1.74. The van der Waals surface area contributed by atoms with Crippen LogP contribution in [-0.2, 0) is 4.79 Å². The lowest BCUT2D eigenvalue weighted by Crippen LogP contribution is -2.42. The lowest BCUT2D eigenvalue weighted by molar-refractivity contribution is -0.119. The zero-order chi connectivity index (χ0) is 14.8. The molecule has 22 heavy (non-hydrogen) atoms. The zero-order valence-electron chi connectivity index (χ0n) is 12.7. The average molecular weight is 324 g/mol. The number of fused-ring (bicyclic) bond motifs is 1. The molecule has 1 N–H and O–H groups in total. The largest absolute Gasteiger partial charge is 0.329 e. The van der Waals surface area contributed by atoms with Crippen LogP contribution in [-0.4, -0.2) is 49.9 Å². The maximum atomic E-state index is 12.7. The number of carbonyl (C=O) groups is 2. The summed E-state index contributed by atoms with van der Waals surface area (Å²) in [6.07, 6.45) is 2.13. The van der Waals surface area contributed by atoms with Gasteiger partial charge in [-0.25, -0.2) is 0 Å². The van der Waals surface area contributed by atoms with Crippen molar-refractivity contribution in [1.82, 2.24) is 10.2 Å². The first-order valence-electron chi connectivity index (χ1n) is 7.52. The van der Waals surface area contributed by atoms with E-state index in [1.165, 1.54) is 0 Å². The van der Waals surface area contributed by atoms with Gasteiger partial charge in [-0.05, 0) is 44.0 Å². The van der Waals surface area contributed by atoms with Gasteiger partial charge in [0.15, 0.2) is 0 Å². The molecule has 0 aromatic heterocycles. The molecule has 5 nitrogen and oxygen atoms in total. The molecular formula is C16H22ClN3O2. The lowest BCUT2D eigenvalue weighted by atomic mass is 9.97. The smallest absolute Gasteiger partial charge is 0.256 e. The Bertz CT molecular complexity index is 558. The average Bonchev–Trinajstić information content (AvgIpc) is 2.61. The monoisotopic (exact) mass is 323 g/mol. The second kappa shape index (κ2) is 7.11. The Balaban J connectivity index is 0.00000176. The van der Waals surface area contributed by atoms with Gasteiger partial charge in [0.05, 0.1) is 11.3 Å². The van der Waals surface area contributed by atoms with Crippen LogP contribution in [0.15, 0.2) is 24.3 Å². The molecule has 2 aliphatic rings. The van der Waals surface area contributed by atoms with Crippen molar-refractivity contribution in [2.45, 2.75) is 12.8 Å². The quantitative estimate of drug-likeness (QED) is 0.898.